The van der Waals surface area contributed by atoms with E-state index in [4.69, 9.17) is 0 Å². The summed E-state index contributed by atoms with van der Waals surface area (Å²) >= 11 is 1.69. The first kappa shape index (κ1) is 18.4. The number of halogens is 1. The predicted octanol–water partition coefficient (Wildman–Crippen LogP) is 2.42. The summed E-state index contributed by atoms with van der Waals surface area (Å²) in [4.78, 5) is 15.5. The molecule has 120 valence electrons. The van der Waals surface area contributed by atoms with Gasteiger partial charge in [0.2, 0.25) is 5.91 Å². The van der Waals surface area contributed by atoms with Gasteiger partial charge in [-0.3, -0.25) is 9.69 Å². The van der Waals surface area contributed by atoms with E-state index >= 15 is 0 Å². The van der Waals surface area contributed by atoms with E-state index in [2.05, 4.69) is 28.6 Å². The van der Waals surface area contributed by atoms with Crippen molar-refractivity contribution < 1.29 is 4.79 Å². The van der Waals surface area contributed by atoms with Crippen LogP contribution in [0.3, 0.4) is 0 Å². The monoisotopic (exact) mass is 331 g/mol. The molecule has 2 atom stereocenters. The van der Waals surface area contributed by atoms with Crippen LogP contribution in [0.25, 0.3) is 0 Å². The van der Waals surface area contributed by atoms with Crippen LogP contribution in [0, 0.1) is 0 Å². The Kier molecular flexibility index (Phi) is 8.26. The summed E-state index contributed by atoms with van der Waals surface area (Å²) in [7, 11) is 2.06. The molecule has 1 aliphatic rings. The van der Waals surface area contributed by atoms with Crippen molar-refractivity contribution in [1.29, 1.82) is 0 Å². The lowest BCUT2D eigenvalue weighted by Gasteiger charge is -2.26. The van der Waals surface area contributed by atoms with Crippen molar-refractivity contribution in [3.05, 3.63) is 22.4 Å². The molecular formula is C15H26ClN3OS. The molecule has 0 bridgehead atoms. The van der Waals surface area contributed by atoms with Crippen LogP contribution in [0.2, 0.25) is 0 Å². The second kappa shape index (κ2) is 9.41. The van der Waals surface area contributed by atoms with Gasteiger partial charge in [0.25, 0.3) is 0 Å². The maximum absolute atomic E-state index is 12.1. The smallest absolute Gasteiger partial charge is 0.234 e. The Bertz CT molecular complexity index is 405. The zero-order valence-electron chi connectivity index (χ0n) is 12.8. The summed E-state index contributed by atoms with van der Waals surface area (Å²) < 4.78 is 0. The van der Waals surface area contributed by atoms with Crippen LogP contribution < -0.4 is 10.6 Å². The second-order valence-corrected chi connectivity index (χ2v) is 6.53. The molecule has 0 aromatic carbocycles. The predicted molar refractivity (Wildman–Crippen MR) is 91.3 cm³/mol. The Hall–Kier alpha value is -0.620. The van der Waals surface area contributed by atoms with E-state index in [1.807, 2.05) is 18.4 Å². The zero-order valence-corrected chi connectivity index (χ0v) is 14.4. The normalized spacial score (nSPS) is 20.4. The highest BCUT2D eigenvalue weighted by Crippen LogP contribution is 2.18. The van der Waals surface area contributed by atoms with E-state index in [1.165, 1.54) is 17.7 Å². The molecule has 1 amide bonds. The third-order valence-electron chi connectivity index (χ3n) is 3.91. The van der Waals surface area contributed by atoms with Crippen LogP contribution in [-0.4, -0.2) is 43.5 Å². The first-order valence-electron chi connectivity index (χ1n) is 7.40. The van der Waals surface area contributed by atoms with Gasteiger partial charge in [0, 0.05) is 10.9 Å². The van der Waals surface area contributed by atoms with Gasteiger partial charge < -0.3 is 10.6 Å². The lowest BCUT2D eigenvalue weighted by Crippen LogP contribution is -2.41. The van der Waals surface area contributed by atoms with E-state index in [9.17, 15) is 4.79 Å². The first-order valence-corrected chi connectivity index (χ1v) is 8.28. The second-order valence-electron chi connectivity index (χ2n) is 5.55. The fraction of sp³-hybridized carbons (Fsp3) is 0.667. The van der Waals surface area contributed by atoms with Crippen molar-refractivity contribution in [2.45, 2.75) is 38.3 Å². The summed E-state index contributed by atoms with van der Waals surface area (Å²) in [6.07, 6.45) is 3.50. The van der Waals surface area contributed by atoms with Crippen LogP contribution in [0.15, 0.2) is 17.5 Å². The standard InChI is InChI=1S/C15H25N3OS.ClH/c1-12(14-6-4-10-20-14)17-15(19)11-18(2)13-5-3-8-16-9-7-13;/h4,6,10,12-13,16H,3,5,7-9,11H2,1-2H3,(H,17,19);1H. The van der Waals surface area contributed by atoms with Gasteiger partial charge in [-0.25, -0.2) is 0 Å². The van der Waals surface area contributed by atoms with Crippen molar-refractivity contribution in [3.63, 3.8) is 0 Å². The molecule has 0 radical (unpaired) electrons. The maximum atomic E-state index is 12.1. The minimum atomic E-state index is 0. The van der Waals surface area contributed by atoms with Gasteiger partial charge in [-0.15, -0.1) is 23.7 Å². The molecule has 1 aliphatic heterocycles. The summed E-state index contributed by atoms with van der Waals surface area (Å²) in [5.74, 6) is 0.116. The summed E-state index contributed by atoms with van der Waals surface area (Å²) in [6, 6.07) is 4.71. The number of hydrogen-bond donors (Lipinski definition) is 2. The molecule has 1 aromatic heterocycles. The van der Waals surface area contributed by atoms with Gasteiger partial charge in [0.15, 0.2) is 0 Å². The number of rotatable bonds is 5. The van der Waals surface area contributed by atoms with Gasteiger partial charge in [-0.05, 0) is 57.8 Å². The molecule has 2 rings (SSSR count). The number of nitrogens with one attached hydrogen (secondary N) is 2. The molecule has 0 aliphatic carbocycles. The third-order valence-corrected chi connectivity index (χ3v) is 4.96. The van der Waals surface area contributed by atoms with Crippen molar-refractivity contribution in [1.82, 2.24) is 15.5 Å². The Morgan fingerprint density at radius 1 is 1.52 bits per heavy atom. The molecule has 6 heteroatoms. The first-order chi connectivity index (χ1) is 9.66. The summed E-state index contributed by atoms with van der Waals surface area (Å²) in [6.45, 7) is 4.69. The molecular weight excluding hydrogens is 306 g/mol. The molecule has 2 unspecified atom stereocenters. The van der Waals surface area contributed by atoms with Crippen molar-refractivity contribution in [2.24, 2.45) is 0 Å². The van der Waals surface area contributed by atoms with Crippen molar-refractivity contribution >= 4 is 29.7 Å². The maximum Gasteiger partial charge on any atom is 0.234 e. The van der Waals surface area contributed by atoms with E-state index in [1.54, 1.807) is 11.3 Å². The Labute approximate surface area is 137 Å². The summed E-state index contributed by atoms with van der Waals surface area (Å²) in [5.41, 5.74) is 0. The van der Waals surface area contributed by atoms with E-state index < -0.39 is 0 Å². The van der Waals surface area contributed by atoms with Crippen LogP contribution in [-0.2, 0) is 4.79 Å². The number of nitrogens with zero attached hydrogens (tertiary/aromatic N) is 1. The average molecular weight is 332 g/mol. The quantitative estimate of drug-likeness (QED) is 0.871. The largest absolute Gasteiger partial charge is 0.348 e. The zero-order chi connectivity index (χ0) is 14.4. The number of carbonyl (C=O) groups excluding carboxylic acids is 1. The van der Waals surface area contributed by atoms with Crippen molar-refractivity contribution in [2.75, 3.05) is 26.7 Å². The SMILES string of the molecule is CC(NC(=O)CN(C)C1CCCNCC1)c1cccs1.Cl. The van der Waals surface area contributed by atoms with E-state index in [0.29, 0.717) is 12.6 Å². The van der Waals surface area contributed by atoms with Crippen LogP contribution in [0.5, 0.6) is 0 Å². The lowest BCUT2D eigenvalue weighted by molar-refractivity contribution is -0.123. The molecule has 21 heavy (non-hydrogen) atoms. The fourth-order valence-corrected chi connectivity index (χ4v) is 3.43. The highest BCUT2D eigenvalue weighted by Gasteiger charge is 2.19. The van der Waals surface area contributed by atoms with E-state index in [-0.39, 0.29) is 24.4 Å². The highest BCUT2D eigenvalue weighted by molar-refractivity contribution is 7.10. The average Bonchev–Trinajstić information content (AvgIpc) is 2.81. The molecule has 2 heterocycles. The topological polar surface area (TPSA) is 44.4 Å². The number of amides is 1. The van der Waals surface area contributed by atoms with Gasteiger partial charge in [-0.1, -0.05) is 6.07 Å². The molecule has 1 saturated heterocycles. The molecule has 0 saturated carbocycles. The van der Waals surface area contributed by atoms with Crippen molar-refractivity contribution in [3.8, 4) is 0 Å². The minimum Gasteiger partial charge on any atom is -0.348 e. The molecule has 0 spiro atoms. The number of hydrogen-bond acceptors (Lipinski definition) is 4. The lowest BCUT2D eigenvalue weighted by atomic mass is 10.1. The number of thiophene rings is 1. The Morgan fingerprint density at radius 3 is 3.05 bits per heavy atom. The van der Waals surface area contributed by atoms with Gasteiger partial charge in [0.05, 0.1) is 12.6 Å². The minimum absolute atomic E-state index is 0. The number of carbonyl (C=O) groups is 1. The highest BCUT2D eigenvalue weighted by atomic mass is 35.5. The Morgan fingerprint density at radius 2 is 2.33 bits per heavy atom. The molecule has 1 fully saturated rings. The van der Waals surface area contributed by atoms with Crippen LogP contribution in [0.1, 0.15) is 37.1 Å². The molecule has 1 aromatic rings. The fourth-order valence-electron chi connectivity index (χ4n) is 2.69. The molecule has 2 N–H and O–H groups in total. The van der Waals surface area contributed by atoms with Gasteiger partial charge in [0.1, 0.15) is 0 Å². The third kappa shape index (κ3) is 5.94. The molecule has 4 nitrogen and oxygen atoms in total. The Balaban J connectivity index is 0.00000220. The summed E-state index contributed by atoms with van der Waals surface area (Å²) in [5, 5.41) is 8.54. The van der Waals surface area contributed by atoms with E-state index in [0.717, 1.165) is 19.5 Å². The van der Waals surface area contributed by atoms with Crippen LogP contribution in [0.4, 0.5) is 0 Å². The van der Waals surface area contributed by atoms with Gasteiger partial charge in [-0.2, -0.15) is 0 Å². The number of likely N-dealkylation sites (N-methyl/N-ethyl adjacent to an activating group) is 1. The van der Waals surface area contributed by atoms with Gasteiger partial charge >= 0.3 is 0 Å². The van der Waals surface area contributed by atoms with Crippen LogP contribution >= 0.6 is 23.7 Å².